The summed E-state index contributed by atoms with van der Waals surface area (Å²) in [6.07, 6.45) is -2.05. The molecule has 0 saturated heterocycles. The molecule has 29 heavy (non-hydrogen) atoms. The maximum absolute atomic E-state index is 14.0. The fourth-order valence-corrected chi connectivity index (χ4v) is 3.59. The number of aromatic nitrogens is 2. The Morgan fingerprint density at radius 3 is 2.52 bits per heavy atom. The Morgan fingerprint density at radius 1 is 1.07 bits per heavy atom. The standard InChI is InChI=1S/C21H16ClF4N3/c22-17-2-1-3-18(23)16(17)12-29-9-8-19-14(11-29)10-27-20(28-19)13-4-6-15(7-5-13)21(24,25)26/h1-7,10H,8-9,11-12H2. The highest BCUT2D eigenvalue weighted by atomic mass is 35.5. The second-order valence-electron chi connectivity index (χ2n) is 6.90. The number of hydrogen-bond donors (Lipinski definition) is 0. The first-order valence-corrected chi connectivity index (χ1v) is 9.37. The molecule has 0 atom stereocenters. The molecule has 1 aliphatic rings. The average molecular weight is 422 g/mol. The molecule has 8 heteroatoms. The van der Waals surface area contributed by atoms with Gasteiger partial charge in [0.1, 0.15) is 5.82 Å². The van der Waals surface area contributed by atoms with E-state index in [9.17, 15) is 17.6 Å². The Labute approximate surface area is 170 Å². The van der Waals surface area contributed by atoms with E-state index in [0.29, 0.717) is 48.0 Å². The van der Waals surface area contributed by atoms with Crippen molar-refractivity contribution >= 4 is 11.6 Å². The number of alkyl halides is 3. The van der Waals surface area contributed by atoms with Crippen molar-refractivity contribution in [1.82, 2.24) is 14.9 Å². The van der Waals surface area contributed by atoms with E-state index in [1.165, 1.54) is 18.2 Å². The lowest BCUT2D eigenvalue weighted by Crippen LogP contribution is -2.31. The number of halogens is 5. The molecule has 3 aromatic rings. The zero-order chi connectivity index (χ0) is 20.6. The van der Waals surface area contributed by atoms with E-state index in [1.54, 1.807) is 18.3 Å². The van der Waals surface area contributed by atoms with Crippen LogP contribution in [0.5, 0.6) is 0 Å². The minimum absolute atomic E-state index is 0.336. The predicted octanol–water partition coefficient (Wildman–Crippen LogP) is 5.51. The lowest BCUT2D eigenvalue weighted by molar-refractivity contribution is -0.137. The summed E-state index contributed by atoms with van der Waals surface area (Å²) in [5.74, 6) is 0.0558. The molecule has 0 radical (unpaired) electrons. The maximum atomic E-state index is 14.0. The van der Waals surface area contributed by atoms with E-state index >= 15 is 0 Å². The molecule has 0 N–H and O–H groups in total. The molecule has 1 aromatic heterocycles. The van der Waals surface area contributed by atoms with Crippen molar-refractivity contribution in [2.45, 2.75) is 25.7 Å². The highest BCUT2D eigenvalue weighted by molar-refractivity contribution is 6.31. The van der Waals surface area contributed by atoms with Gasteiger partial charge in [0.15, 0.2) is 5.82 Å². The molecular weight excluding hydrogens is 406 g/mol. The van der Waals surface area contributed by atoms with Crippen LogP contribution in [0, 0.1) is 5.82 Å². The molecule has 4 rings (SSSR count). The monoisotopic (exact) mass is 421 g/mol. The molecular formula is C21H16ClF4N3. The van der Waals surface area contributed by atoms with E-state index in [1.807, 2.05) is 0 Å². The summed E-state index contributed by atoms with van der Waals surface area (Å²) in [6.45, 7) is 1.60. The summed E-state index contributed by atoms with van der Waals surface area (Å²) in [6, 6.07) is 9.43. The summed E-state index contributed by atoms with van der Waals surface area (Å²) >= 11 is 6.12. The quantitative estimate of drug-likeness (QED) is 0.522. The van der Waals surface area contributed by atoms with Gasteiger partial charge < -0.3 is 0 Å². The molecule has 0 aliphatic carbocycles. The summed E-state index contributed by atoms with van der Waals surface area (Å²) in [5.41, 5.74) is 2.05. The van der Waals surface area contributed by atoms with Gasteiger partial charge in [-0.25, -0.2) is 14.4 Å². The number of nitrogens with zero attached hydrogens (tertiary/aromatic N) is 3. The van der Waals surface area contributed by atoms with Crippen LogP contribution in [0.4, 0.5) is 17.6 Å². The Hall–Kier alpha value is -2.51. The second kappa shape index (κ2) is 7.72. The maximum Gasteiger partial charge on any atom is 0.416 e. The van der Waals surface area contributed by atoms with Gasteiger partial charge in [0.25, 0.3) is 0 Å². The molecule has 150 valence electrons. The van der Waals surface area contributed by atoms with Crippen LogP contribution in [0.15, 0.2) is 48.7 Å². The van der Waals surface area contributed by atoms with Gasteiger partial charge in [-0.15, -0.1) is 0 Å². The van der Waals surface area contributed by atoms with Gasteiger partial charge in [0, 0.05) is 54.0 Å². The van der Waals surface area contributed by atoms with Gasteiger partial charge in [-0.2, -0.15) is 13.2 Å². The molecule has 0 saturated carbocycles. The van der Waals surface area contributed by atoms with Gasteiger partial charge in [-0.3, -0.25) is 4.90 Å². The molecule has 2 aromatic carbocycles. The molecule has 0 bridgehead atoms. The van der Waals surface area contributed by atoms with E-state index < -0.39 is 11.7 Å². The van der Waals surface area contributed by atoms with Crippen molar-refractivity contribution in [1.29, 1.82) is 0 Å². The van der Waals surface area contributed by atoms with Crippen molar-refractivity contribution in [3.05, 3.63) is 81.9 Å². The number of fused-ring (bicyclic) bond motifs is 1. The third kappa shape index (κ3) is 4.26. The van der Waals surface area contributed by atoms with Crippen LogP contribution in [0.2, 0.25) is 5.02 Å². The van der Waals surface area contributed by atoms with E-state index in [2.05, 4.69) is 14.9 Å². The highest BCUT2D eigenvalue weighted by Crippen LogP contribution is 2.31. The first-order valence-electron chi connectivity index (χ1n) is 8.99. The minimum atomic E-state index is -4.38. The lowest BCUT2D eigenvalue weighted by atomic mass is 10.1. The van der Waals surface area contributed by atoms with Gasteiger partial charge in [0.2, 0.25) is 0 Å². The first-order chi connectivity index (χ1) is 13.8. The van der Waals surface area contributed by atoms with Crippen LogP contribution >= 0.6 is 11.6 Å². The number of benzene rings is 2. The Bertz CT molecular complexity index is 1010. The molecule has 0 amide bonds. The van der Waals surface area contributed by atoms with Crippen LogP contribution in [0.25, 0.3) is 11.4 Å². The lowest BCUT2D eigenvalue weighted by Gasteiger charge is -2.28. The fraction of sp³-hybridized carbons (Fsp3) is 0.238. The molecule has 2 heterocycles. The predicted molar refractivity (Wildman–Crippen MR) is 102 cm³/mol. The number of rotatable bonds is 3. The third-order valence-corrected chi connectivity index (χ3v) is 5.28. The third-order valence-electron chi connectivity index (χ3n) is 4.93. The van der Waals surface area contributed by atoms with Gasteiger partial charge >= 0.3 is 6.18 Å². The summed E-state index contributed by atoms with van der Waals surface area (Å²) in [7, 11) is 0. The van der Waals surface area contributed by atoms with E-state index in [4.69, 9.17) is 11.6 Å². The normalized spacial score (nSPS) is 14.7. The molecule has 0 spiro atoms. The second-order valence-corrected chi connectivity index (χ2v) is 7.31. The Morgan fingerprint density at radius 2 is 1.83 bits per heavy atom. The van der Waals surface area contributed by atoms with Crippen LogP contribution in [0.1, 0.15) is 22.4 Å². The first kappa shape index (κ1) is 19.8. The van der Waals surface area contributed by atoms with Crippen LogP contribution in [-0.4, -0.2) is 21.4 Å². The Balaban J connectivity index is 1.51. The van der Waals surface area contributed by atoms with Crippen molar-refractivity contribution in [3.63, 3.8) is 0 Å². The van der Waals surface area contributed by atoms with Crippen LogP contribution in [-0.2, 0) is 25.7 Å². The van der Waals surface area contributed by atoms with E-state index in [0.717, 1.165) is 23.4 Å². The highest BCUT2D eigenvalue weighted by Gasteiger charge is 2.30. The van der Waals surface area contributed by atoms with E-state index in [-0.39, 0.29) is 5.82 Å². The van der Waals surface area contributed by atoms with Crippen molar-refractivity contribution in [2.24, 2.45) is 0 Å². The van der Waals surface area contributed by atoms with Crippen LogP contribution in [0.3, 0.4) is 0 Å². The molecule has 0 unspecified atom stereocenters. The Kier molecular flexibility index (Phi) is 5.27. The van der Waals surface area contributed by atoms with Crippen molar-refractivity contribution < 1.29 is 17.6 Å². The van der Waals surface area contributed by atoms with Crippen LogP contribution < -0.4 is 0 Å². The van der Waals surface area contributed by atoms with Crippen molar-refractivity contribution in [3.8, 4) is 11.4 Å². The van der Waals surface area contributed by atoms with Gasteiger partial charge in [-0.1, -0.05) is 29.8 Å². The zero-order valence-electron chi connectivity index (χ0n) is 15.2. The fourth-order valence-electron chi connectivity index (χ4n) is 3.36. The zero-order valence-corrected chi connectivity index (χ0v) is 15.9. The molecule has 1 aliphatic heterocycles. The number of hydrogen-bond acceptors (Lipinski definition) is 3. The topological polar surface area (TPSA) is 29.0 Å². The van der Waals surface area contributed by atoms with Gasteiger partial charge in [0.05, 0.1) is 11.3 Å². The molecule has 0 fully saturated rings. The molecule has 3 nitrogen and oxygen atoms in total. The minimum Gasteiger partial charge on any atom is -0.294 e. The largest absolute Gasteiger partial charge is 0.416 e. The SMILES string of the molecule is Fc1cccc(Cl)c1CN1CCc2nc(-c3ccc(C(F)(F)F)cc3)ncc2C1. The summed E-state index contributed by atoms with van der Waals surface area (Å²) in [4.78, 5) is 10.9. The average Bonchev–Trinajstić information content (AvgIpc) is 2.70. The van der Waals surface area contributed by atoms with Gasteiger partial charge in [-0.05, 0) is 24.3 Å². The summed E-state index contributed by atoms with van der Waals surface area (Å²) < 4.78 is 52.2. The smallest absolute Gasteiger partial charge is 0.294 e. The van der Waals surface area contributed by atoms with Crippen molar-refractivity contribution in [2.75, 3.05) is 6.54 Å². The summed E-state index contributed by atoms with van der Waals surface area (Å²) in [5, 5.41) is 0.393.